The molecule has 0 radical (unpaired) electrons. The zero-order valence-electron chi connectivity index (χ0n) is 11.7. The Kier molecular flexibility index (Phi) is 3.98. The van der Waals surface area contributed by atoms with Crippen molar-refractivity contribution in [2.24, 2.45) is 5.41 Å². The standard InChI is InChI=1S/C15H22N2O2/c1-3-7-15(8-9-15)10-17-13-11(14(18)19-2)5-4-6-12(13)16/h4-6,17H,3,7-10,16H2,1-2H3. The molecule has 1 saturated carbocycles. The number of benzene rings is 1. The van der Waals surface area contributed by atoms with E-state index in [4.69, 9.17) is 10.5 Å². The van der Waals surface area contributed by atoms with Crippen LogP contribution < -0.4 is 11.1 Å². The van der Waals surface area contributed by atoms with Gasteiger partial charge in [0, 0.05) is 6.54 Å². The lowest BCUT2D eigenvalue weighted by Gasteiger charge is -2.18. The molecule has 1 aliphatic rings. The smallest absolute Gasteiger partial charge is 0.340 e. The Morgan fingerprint density at radius 1 is 1.47 bits per heavy atom. The first-order valence-electron chi connectivity index (χ1n) is 6.82. The van der Waals surface area contributed by atoms with Gasteiger partial charge in [-0.15, -0.1) is 0 Å². The third kappa shape index (κ3) is 3.00. The number of hydrogen-bond acceptors (Lipinski definition) is 4. The van der Waals surface area contributed by atoms with Crippen LogP contribution in [0.1, 0.15) is 43.0 Å². The molecule has 3 N–H and O–H groups in total. The Labute approximate surface area is 114 Å². The molecule has 0 atom stereocenters. The molecule has 1 aliphatic carbocycles. The molecule has 0 aliphatic heterocycles. The van der Waals surface area contributed by atoms with E-state index in [1.165, 1.54) is 32.8 Å². The number of nitrogens with two attached hydrogens (primary N) is 1. The summed E-state index contributed by atoms with van der Waals surface area (Å²) in [5.41, 5.74) is 8.18. The number of carbonyl (C=O) groups is 1. The van der Waals surface area contributed by atoms with Crippen molar-refractivity contribution in [1.82, 2.24) is 0 Å². The maximum Gasteiger partial charge on any atom is 0.340 e. The van der Waals surface area contributed by atoms with Gasteiger partial charge >= 0.3 is 5.97 Å². The first-order chi connectivity index (χ1) is 9.12. The van der Waals surface area contributed by atoms with E-state index < -0.39 is 0 Å². The second kappa shape index (κ2) is 5.51. The number of anilines is 2. The van der Waals surface area contributed by atoms with Gasteiger partial charge in [0.2, 0.25) is 0 Å². The third-order valence-corrected chi connectivity index (χ3v) is 3.88. The highest BCUT2D eigenvalue weighted by atomic mass is 16.5. The summed E-state index contributed by atoms with van der Waals surface area (Å²) < 4.78 is 4.79. The molecule has 0 unspecified atom stereocenters. The Balaban J connectivity index is 2.13. The van der Waals surface area contributed by atoms with E-state index in [2.05, 4.69) is 12.2 Å². The highest BCUT2D eigenvalue weighted by Gasteiger charge is 2.41. The minimum Gasteiger partial charge on any atom is -0.465 e. The van der Waals surface area contributed by atoms with Gasteiger partial charge in [0.1, 0.15) is 0 Å². The lowest BCUT2D eigenvalue weighted by atomic mass is 10.0. The van der Waals surface area contributed by atoms with Crippen LogP contribution in [0.15, 0.2) is 18.2 Å². The van der Waals surface area contributed by atoms with Crippen LogP contribution in [0.2, 0.25) is 0 Å². The molecular formula is C15H22N2O2. The van der Waals surface area contributed by atoms with Crippen molar-refractivity contribution in [3.63, 3.8) is 0 Å². The summed E-state index contributed by atoms with van der Waals surface area (Å²) >= 11 is 0. The number of para-hydroxylation sites is 1. The quantitative estimate of drug-likeness (QED) is 0.611. The fourth-order valence-corrected chi connectivity index (χ4v) is 2.55. The molecule has 0 amide bonds. The van der Waals surface area contributed by atoms with Crippen molar-refractivity contribution in [3.8, 4) is 0 Å². The molecule has 1 aromatic carbocycles. The van der Waals surface area contributed by atoms with Gasteiger partial charge in [-0.2, -0.15) is 0 Å². The third-order valence-electron chi connectivity index (χ3n) is 3.88. The minimum atomic E-state index is -0.352. The molecule has 104 valence electrons. The van der Waals surface area contributed by atoms with Gasteiger partial charge in [-0.25, -0.2) is 4.79 Å². The number of carbonyl (C=O) groups excluding carboxylic acids is 1. The van der Waals surface area contributed by atoms with Gasteiger partial charge in [0.15, 0.2) is 0 Å². The Bertz CT molecular complexity index is 467. The SMILES string of the molecule is CCCC1(CNc2c(N)cccc2C(=O)OC)CC1. The molecule has 4 nitrogen and oxygen atoms in total. The van der Waals surface area contributed by atoms with E-state index in [0.717, 1.165) is 6.54 Å². The summed E-state index contributed by atoms with van der Waals surface area (Å²) in [6, 6.07) is 5.31. The zero-order valence-corrected chi connectivity index (χ0v) is 11.7. The van der Waals surface area contributed by atoms with Crippen LogP contribution in [-0.2, 0) is 4.74 Å². The van der Waals surface area contributed by atoms with Crippen molar-refractivity contribution in [1.29, 1.82) is 0 Å². The van der Waals surface area contributed by atoms with Gasteiger partial charge in [-0.05, 0) is 36.8 Å². The fourth-order valence-electron chi connectivity index (χ4n) is 2.55. The maximum atomic E-state index is 11.7. The molecule has 0 saturated heterocycles. The maximum absolute atomic E-state index is 11.7. The molecule has 4 heteroatoms. The molecule has 1 fully saturated rings. The minimum absolute atomic E-state index is 0.352. The number of ether oxygens (including phenoxy) is 1. The Hall–Kier alpha value is -1.71. The number of esters is 1. The first-order valence-corrected chi connectivity index (χ1v) is 6.82. The summed E-state index contributed by atoms with van der Waals surface area (Å²) in [6.07, 6.45) is 4.93. The summed E-state index contributed by atoms with van der Waals surface area (Å²) in [5, 5.41) is 3.36. The summed E-state index contributed by atoms with van der Waals surface area (Å²) in [7, 11) is 1.38. The molecule has 0 spiro atoms. The Morgan fingerprint density at radius 2 is 2.21 bits per heavy atom. The molecule has 0 bridgehead atoms. The van der Waals surface area contributed by atoms with Crippen LogP contribution in [0.4, 0.5) is 11.4 Å². The van der Waals surface area contributed by atoms with Gasteiger partial charge in [-0.1, -0.05) is 19.4 Å². The average molecular weight is 262 g/mol. The number of hydrogen-bond donors (Lipinski definition) is 2. The number of rotatable bonds is 6. The van der Waals surface area contributed by atoms with Gasteiger partial charge in [-0.3, -0.25) is 0 Å². The summed E-state index contributed by atoms with van der Waals surface area (Å²) in [4.78, 5) is 11.7. The zero-order chi connectivity index (χ0) is 13.9. The van der Waals surface area contributed by atoms with E-state index >= 15 is 0 Å². The summed E-state index contributed by atoms with van der Waals surface area (Å²) in [5.74, 6) is -0.352. The highest BCUT2D eigenvalue weighted by molar-refractivity contribution is 5.98. The van der Waals surface area contributed by atoms with Crippen molar-refractivity contribution < 1.29 is 9.53 Å². The van der Waals surface area contributed by atoms with Crippen molar-refractivity contribution >= 4 is 17.3 Å². The van der Waals surface area contributed by atoms with E-state index in [0.29, 0.717) is 22.4 Å². The largest absolute Gasteiger partial charge is 0.465 e. The molecular weight excluding hydrogens is 240 g/mol. The highest BCUT2D eigenvalue weighted by Crippen LogP contribution is 2.49. The predicted molar refractivity (Wildman–Crippen MR) is 77.3 cm³/mol. The molecule has 0 aromatic heterocycles. The molecule has 2 rings (SSSR count). The molecule has 0 heterocycles. The van der Waals surface area contributed by atoms with E-state index in [9.17, 15) is 4.79 Å². The lowest BCUT2D eigenvalue weighted by Crippen LogP contribution is -2.18. The van der Waals surface area contributed by atoms with Crippen molar-refractivity contribution in [2.45, 2.75) is 32.6 Å². The van der Waals surface area contributed by atoms with Gasteiger partial charge in [0.25, 0.3) is 0 Å². The second-order valence-corrected chi connectivity index (χ2v) is 5.36. The van der Waals surface area contributed by atoms with Crippen LogP contribution >= 0.6 is 0 Å². The van der Waals surface area contributed by atoms with Crippen LogP contribution in [0.5, 0.6) is 0 Å². The Morgan fingerprint density at radius 3 is 2.79 bits per heavy atom. The summed E-state index contributed by atoms with van der Waals surface area (Å²) in [6.45, 7) is 3.08. The van der Waals surface area contributed by atoms with Crippen LogP contribution in [0, 0.1) is 5.41 Å². The fraction of sp³-hybridized carbons (Fsp3) is 0.533. The topological polar surface area (TPSA) is 64.3 Å². The van der Waals surface area contributed by atoms with E-state index in [1.54, 1.807) is 18.2 Å². The number of nitrogen functional groups attached to an aromatic ring is 1. The molecule has 1 aromatic rings. The van der Waals surface area contributed by atoms with Crippen molar-refractivity contribution in [2.75, 3.05) is 24.7 Å². The monoisotopic (exact) mass is 262 g/mol. The van der Waals surface area contributed by atoms with Gasteiger partial charge < -0.3 is 15.8 Å². The van der Waals surface area contributed by atoms with E-state index in [1.807, 2.05) is 0 Å². The lowest BCUT2D eigenvalue weighted by molar-refractivity contribution is 0.0602. The second-order valence-electron chi connectivity index (χ2n) is 5.36. The van der Waals surface area contributed by atoms with Crippen LogP contribution in [0.3, 0.4) is 0 Å². The van der Waals surface area contributed by atoms with Gasteiger partial charge in [0.05, 0.1) is 24.0 Å². The number of nitrogens with one attached hydrogen (secondary N) is 1. The predicted octanol–water partition coefficient (Wildman–Crippen LogP) is 3.05. The molecule has 19 heavy (non-hydrogen) atoms. The van der Waals surface area contributed by atoms with Crippen LogP contribution in [-0.4, -0.2) is 19.6 Å². The average Bonchev–Trinajstić information content (AvgIpc) is 3.17. The van der Waals surface area contributed by atoms with Crippen LogP contribution in [0.25, 0.3) is 0 Å². The number of methoxy groups -OCH3 is 1. The normalized spacial score (nSPS) is 15.9. The van der Waals surface area contributed by atoms with Crippen molar-refractivity contribution in [3.05, 3.63) is 23.8 Å². The van der Waals surface area contributed by atoms with E-state index in [-0.39, 0.29) is 5.97 Å². The first kappa shape index (κ1) is 13.7.